The second-order valence-corrected chi connectivity index (χ2v) is 6.20. The molecule has 1 aliphatic heterocycles. The molecule has 132 valence electrons. The summed E-state index contributed by atoms with van der Waals surface area (Å²) in [6.45, 7) is 2.01. The van der Waals surface area contributed by atoms with Crippen molar-refractivity contribution >= 4 is 17.7 Å². The third-order valence-corrected chi connectivity index (χ3v) is 4.15. The third kappa shape index (κ3) is 4.46. The Kier molecular flexibility index (Phi) is 6.16. The first-order valence-electron chi connectivity index (χ1n) is 7.97. The summed E-state index contributed by atoms with van der Waals surface area (Å²) >= 11 is 0. The van der Waals surface area contributed by atoms with Gasteiger partial charge in [0.15, 0.2) is 0 Å². The molecular formula is C17H25N3O4. The van der Waals surface area contributed by atoms with Crippen molar-refractivity contribution in [1.82, 2.24) is 10.2 Å². The lowest BCUT2D eigenvalue weighted by molar-refractivity contribution is -0.130. The highest BCUT2D eigenvalue weighted by Crippen LogP contribution is 2.31. The number of benzene rings is 1. The van der Waals surface area contributed by atoms with Gasteiger partial charge in [0, 0.05) is 26.9 Å². The SMILES string of the molecule is COCC1(C(=O)Nc2ccc(OC(=O)N(C)C)cc2)CCNCC1. The summed E-state index contributed by atoms with van der Waals surface area (Å²) in [7, 11) is 4.85. The molecule has 2 rings (SSSR count). The van der Waals surface area contributed by atoms with E-state index in [0.29, 0.717) is 18.0 Å². The van der Waals surface area contributed by atoms with Crippen LogP contribution in [-0.4, -0.2) is 57.8 Å². The van der Waals surface area contributed by atoms with Crippen LogP contribution in [0.15, 0.2) is 24.3 Å². The van der Waals surface area contributed by atoms with E-state index in [1.165, 1.54) is 4.90 Å². The van der Waals surface area contributed by atoms with Crippen molar-refractivity contribution < 1.29 is 19.1 Å². The summed E-state index contributed by atoms with van der Waals surface area (Å²) in [5.41, 5.74) is 0.162. The van der Waals surface area contributed by atoms with E-state index in [1.807, 2.05) is 0 Å². The highest BCUT2D eigenvalue weighted by Gasteiger charge is 2.39. The molecule has 0 bridgehead atoms. The van der Waals surface area contributed by atoms with Crippen LogP contribution in [0.3, 0.4) is 0 Å². The van der Waals surface area contributed by atoms with Crippen LogP contribution < -0.4 is 15.4 Å². The zero-order valence-corrected chi connectivity index (χ0v) is 14.4. The van der Waals surface area contributed by atoms with E-state index in [9.17, 15) is 9.59 Å². The number of anilines is 1. The number of methoxy groups -OCH3 is 1. The monoisotopic (exact) mass is 335 g/mol. The van der Waals surface area contributed by atoms with Crippen molar-refractivity contribution in [1.29, 1.82) is 0 Å². The maximum absolute atomic E-state index is 12.7. The van der Waals surface area contributed by atoms with Crippen LogP contribution >= 0.6 is 0 Å². The number of amides is 2. The molecule has 2 amide bonds. The Bertz CT molecular complexity index is 560. The molecule has 0 spiro atoms. The topological polar surface area (TPSA) is 79.9 Å². The fraction of sp³-hybridized carbons (Fsp3) is 0.529. The largest absolute Gasteiger partial charge is 0.414 e. The number of carbonyl (C=O) groups excluding carboxylic acids is 2. The van der Waals surface area contributed by atoms with E-state index in [2.05, 4.69) is 10.6 Å². The minimum Gasteiger partial charge on any atom is -0.410 e. The number of nitrogens with zero attached hydrogens (tertiary/aromatic N) is 1. The molecule has 1 aliphatic rings. The molecule has 1 heterocycles. The minimum absolute atomic E-state index is 0.0381. The molecule has 2 N–H and O–H groups in total. The molecule has 0 aromatic heterocycles. The van der Waals surface area contributed by atoms with Crippen LogP contribution in [0, 0.1) is 5.41 Å². The summed E-state index contributed by atoms with van der Waals surface area (Å²) in [4.78, 5) is 25.6. The standard InChI is InChI=1S/C17H25N3O4/c1-20(2)16(22)24-14-6-4-13(5-7-14)19-15(21)17(12-23-3)8-10-18-11-9-17/h4-7,18H,8-12H2,1-3H3,(H,19,21). The fourth-order valence-corrected chi connectivity index (χ4v) is 2.68. The van der Waals surface area contributed by atoms with Crippen LogP contribution in [0.4, 0.5) is 10.5 Å². The first-order chi connectivity index (χ1) is 11.5. The number of hydrogen-bond donors (Lipinski definition) is 2. The number of carbonyl (C=O) groups is 2. The van der Waals surface area contributed by atoms with Crippen molar-refractivity contribution in [3.05, 3.63) is 24.3 Å². The Morgan fingerprint density at radius 3 is 2.38 bits per heavy atom. The number of nitrogens with one attached hydrogen (secondary N) is 2. The van der Waals surface area contributed by atoms with Crippen molar-refractivity contribution in [3.63, 3.8) is 0 Å². The van der Waals surface area contributed by atoms with Crippen LogP contribution in [0.5, 0.6) is 5.75 Å². The fourth-order valence-electron chi connectivity index (χ4n) is 2.68. The van der Waals surface area contributed by atoms with Gasteiger partial charge in [0.05, 0.1) is 12.0 Å². The van der Waals surface area contributed by atoms with E-state index in [0.717, 1.165) is 25.9 Å². The molecule has 7 heteroatoms. The van der Waals surface area contributed by atoms with Gasteiger partial charge in [-0.1, -0.05) is 0 Å². The molecular weight excluding hydrogens is 310 g/mol. The van der Waals surface area contributed by atoms with E-state index in [4.69, 9.17) is 9.47 Å². The number of piperidine rings is 1. The molecule has 1 fully saturated rings. The van der Waals surface area contributed by atoms with E-state index < -0.39 is 11.5 Å². The Morgan fingerprint density at radius 1 is 1.21 bits per heavy atom. The molecule has 7 nitrogen and oxygen atoms in total. The van der Waals surface area contributed by atoms with Gasteiger partial charge in [-0.15, -0.1) is 0 Å². The van der Waals surface area contributed by atoms with Crippen molar-refractivity contribution in [2.24, 2.45) is 5.41 Å². The zero-order valence-electron chi connectivity index (χ0n) is 14.4. The number of ether oxygens (including phenoxy) is 2. The average molecular weight is 335 g/mol. The van der Waals surface area contributed by atoms with Gasteiger partial charge in [0.25, 0.3) is 0 Å². The molecule has 0 radical (unpaired) electrons. The summed E-state index contributed by atoms with van der Waals surface area (Å²) < 4.78 is 10.4. The van der Waals surface area contributed by atoms with Crippen LogP contribution in [0.25, 0.3) is 0 Å². The summed E-state index contributed by atoms with van der Waals surface area (Å²) in [6, 6.07) is 6.75. The maximum atomic E-state index is 12.7. The Morgan fingerprint density at radius 2 is 1.83 bits per heavy atom. The van der Waals surface area contributed by atoms with Gasteiger partial charge in [-0.05, 0) is 50.2 Å². The first-order valence-corrected chi connectivity index (χ1v) is 7.97. The Balaban J connectivity index is 2.01. The lowest BCUT2D eigenvalue weighted by Crippen LogP contribution is -2.47. The van der Waals surface area contributed by atoms with Crippen molar-refractivity contribution in [3.8, 4) is 5.75 Å². The van der Waals surface area contributed by atoms with Gasteiger partial charge in [-0.25, -0.2) is 4.79 Å². The van der Waals surface area contributed by atoms with Crippen LogP contribution in [0.1, 0.15) is 12.8 Å². The Labute approximate surface area is 142 Å². The third-order valence-electron chi connectivity index (χ3n) is 4.15. The molecule has 0 saturated carbocycles. The Hall–Kier alpha value is -2.12. The molecule has 0 aliphatic carbocycles. The zero-order chi connectivity index (χ0) is 17.6. The minimum atomic E-state index is -0.504. The van der Waals surface area contributed by atoms with Gasteiger partial charge in [0.2, 0.25) is 5.91 Å². The quantitative estimate of drug-likeness (QED) is 0.856. The lowest BCUT2D eigenvalue weighted by Gasteiger charge is -2.35. The van der Waals surface area contributed by atoms with Gasteiger partial charge < -0.3 is 25.0 Å². The summed E-state index contributed by atoms with van der Waals surface area (Å²) in [5, 5.41) is 6.21. The second-order valence-electron chi connectivity index (χ2n) is 6.20. The summed E-state index contributed by atoms with van der Waals surface area (Å²) in [5.74, 6) is 0.393. The smallest absolute Gasteiger partial charge is 0.410 e. The highest BCUT2D eigenvalue weighted by molar-refractivity contribution is 5.95. The van der Waals surface area contributed by atoms with Crippen LogP contribution in [-0.2, 0) is 9.53 Å². The molecule has 24 heavy (non-hydrogen) atoms. The average Bonchev–Trinajstić information content (AvgIpc) is 2.57. The van der Waals surface area contributed by atoms with Crippen molar-refractivity contribution in [2.75, 3.05) is 46.2 Å². The number of hydrogen-bond acceptors (Lipinski definition) is 5. The van der Waals surface area contributed by atoms with E-state index in [1.54, 1.807) is 45.5 Å². The summed E-state index contributed by atoms with van der Waals surface area (Å²) in [6.07, 6.45) is 1.04. The van der Waals surface area contributed by atoms with Crippen molar-refractivity contribution in [2.45, 2.75) is 12.8 Å². The molecule has 1 aromatic rings. The lowest BCUT2D eigenvalue weighted by atomic mass is 9.78. The number of rotatable bonds is 5. The second kappa shape index (κ2) is 8.12. The van der Waals surface area contributed by atoms with Gasteiger partial charge in [-0.3, -0.25) is 4.79 Å². The van der Waals surface area contributed by atoms with Gasteiger partial charge in [-0.2, -0.15) is 0 Å². The van der Waals surface area contributed by atoms with Gasteiger partial charge in [0.1, 0.15) is 5.75 Å². The molecule has 1 aromatic carbocycles. The van der Waals surface area contributed by atoms with Crippen LogP contribution in [0.2, 0.25) is 0 Å². The molecule has 0 atom stereocenters. The predicted molar refractivity (Wildman–Crippen MR) is 91.2 cm³/mol. The molecule has 0 unspecified atom stereocenters. The predicted octanol–water partition coefficient (Wildman–Crippen LogP) is 1.70. The first kappa shape index (κ1) is 18.2. The highest BCUT2D eigenvalue weighted by atomic mass is 16.6. The van der Waals surface area contributed by atoms with E-state index in [-0.39, 0.29) is 5.91 Å². The van der Waals surface area contributed by atoms with Gasteiger partial charge >= 0.3 is 6.09 Å². The maximum Gasteiger partial charge on any atom is 0.414 e. The normalized spacial score (nSPS) is 16.3. The van der Waals surface area contributed by atoms with E-state index >= 15 is 0 Å². The molecule has 1 saturated heterocycles.